The number of halogens is 1. The van der Waals surface area contributed by atoms with Crippen LogP contribution in [0.5, 0.6) is 5.75 Å². The van der Waals surface area contributed by atoms with Crippen molar-refractivity contribution in [1.29, 1.82) is 0 Å². The number of nitrogens with two attached hydrogens (primary N) is 1. The molecule has 0 unspecified atom stereocenters. The second-order valence-corrected chi connectivity index (χ2v) is 3.83. The smallest absolute Gasteiger partial charge is 0.171 e. The maximum Gasteiger partial charge on any atom is 0.171 e. The largest absolute Gasteiger partial charge is 0.494 e. The van der Waals surface area contributed by atoms with Gasteiger partial charge in [0.1, 0.15) is 5.75 Å². The zero-order valence-corrected chi connectivity index (χ0v) is 9.99. The molecule has 4 nitrogen and oxygen atoms in total. The first kappa shape index (κ1) is 11.8. The van der Waals surface area contributed by atoms with E-state index in [2.05, 4.69) is 21.1 Å². The standard InChI is InChI=1S/C10H13BrN2O2/c1-2-5-15-7-3-4-8(9(11)6-7)10(12)13-14/h3-4,6,14H,2,5H2,1H3,(H2,12,13). The van der Waals surface area contributed by atoms with Crippen molar-refractivity contribution in [2.45, 2.75) is 13.3 Å². The van der Waals surface area contributed by atoms with Gasteiger partial charge in [0.05, 0.1) is 6.61 Å². The lowest BCUT2D eigenvalue weighted by Gasteiger charge is -2.07. The van der Waals surface area contributed by atoms with Gasteiger partial charge in [-0.2, -0.15) is 0 Å². The fourth-order valence-corrected chi connectivity index (χ4v) is 1.63. The summed E-state index contributed by atoms with van der Waals surface area (Å²) < 4.78 is 6.17. The van der Waals surface area contributed by atoms with Crippen LogP contribution in [0.25, 0.3) is 0 Å². The normalized spacial score (nSPS) is 11.5. The molecule has 3 N–H and O–H groups in total. The molecule has 0 saturated heterocycles. The first-order valence-electron chi connectivity index (χ1n) is 4.59. The minimum Gasteiger partial charge on any atom is -0.494 e. The Bertz CT molecular complexity index is 366. The number of hydrogen-bond donors (Lipinski definition) is 2. The van der Waals surface area contributed by atoms with Crippen LogP contribution in [0.4, 0.5) is 0 Å². The van der Waals surface area contributed by atoms with E-state index >= 15 is 0 Å². The second-order valence-electron chi connectivity index (χ2n) is 2.98. The van der Waals surface area contributed by atoms with Crippen LogP contribution in [-0.4, -0.2) is 17.6 Å². The fourth-order valence-electron chi connectivity index (χ4n) is 1.07. The van der Waals surface area contributed by atoms with Crippen molar-refractivity contribution in [3.8, 4) is 5.75 Å². The molecule has 0 amide bonds. The molecule has 5 heteroatoms. The predicted molar refractivity (Wildman–Crippen MR) is 62.4 cm³/mol. The predicted octanol–water partition coefficient (Wildman–Crippen LogP) is 2.33. The molecule has 0 radical (unpaired) electrons. The average Bonchev–Trinajstić information content (AvgIpc) is 2.25. The van der Waals surface area contributed by atoms with Gasteiger partial charge in [0.25, 0.3) is 0 Å². The molecule has 1 aromatic rings. The lowest BCUT2D eigenvalue weighted by atomic mass is 10.2. The third-order valence-corrected chi connectivity index (χ3v) is 2.45. The van der Waals surface area contributed by atoms with Gasteiger partial charge in [-0.25, -0.2) is 0 Å². The molecule has 0 atom stereocenters. The lowest BCUT2D eigenvalue weighted by molar-refractivity contribution is 0.316. The van der Waals surface area contributed by atoms with Crippen molar-refractivity contribution in [3.05, 3.63) is 28.2 Å². The summed E-state index contributed by atoms with van der Waals surface area (Å²) in [5, 5.41) is 11.5. The van der Waals surface area contributed by atoms with Crippen molar-refractivity contribution in [2.75, 3.05) is 6.61 Å². The van der Waals surface area contributed by atoms with E-state index < -0.39 is 0 Å². The number of rotatable bonds is 4. The number of nitrogens with zero attached hydrogens (tertiary/aromatic N) is 1. The van der Waals surface area contributed by atoms with Crippen molar-refractivity contribution in [3.63, 3.8) is 0 Å². The van der Waals surface area contributed by atoms with E-state index in [1.807, 2.05) is 6.92 Å². The summed E-state index contributed by atoms with van der Waals surface area (Å²) in [5.74, 6) is 0.835. The number of ether oxygens (including phenoxy) is 1. The monoisotopic (exact) mass is 272 g/mol. The highest BCUT2D eigenvalue weighted by Crippen LogP contribution is 2.23. The number of benzene rings is 1. The zero-order valence-electron chi connectivity index (χ0n) is 8.40. The van der Waals surface area contributed by atoms with E-state index in [9.17, 15) is 0 Å². The third-order valence-electron chi connectivity index (χ3n) is 1.80. The van der Waals surface area contributed by atoms with Gasteiger partial charge >= 0.3 is 0 Å². The van der Waals surface area contributed by atoms with Gasteiger partial charge < -0.3 is 15.7 Å². The maximum absolute atomic E-state index is 8.53. The number of hydrogen-bond acceptors (Lipinski definition) is 3. The first-order valence-corrected chi connectivity index (χ1v) is 5.38. The first-order chi connectivity index (χ1) is 7.19. The Morgan fingerprint density at radius 3 is 2.87 bits per heavy atom. The van der Waals surface area contributed by atoms with Crippen molar-refractivity contribution in [1.82, 2.24) is 0 Å². The van der Waals surface area contributed by atoms with E-state index in [4.69, 9.17) is 15.7 Å². The SMILES string of the molecule is CCCOc1ccc(/C(N)=N/O)c(Br)c1. The Labute approximate surface area is 96.9 Å². The van der Waals surface area contributed by atoms with Gasteiger partial charge in [0.2, 0.25) is 0 Å². The molecule has 1 aromatic carbocycles. The minimum absolute atomic E-state index is 0.0731. The molecule has 0 aliphatic heterocycles. The molecule has 15 heavy (non-hydrogen) atoms. The molecule has 0 bridgehead atoms. The number of oxime groups is 1. The highest BCUT2D eigenvalue weighted by molar-refractivity contribution is 9.10. The summed E-state index contributed by atoms with van der Waals surface area (Å²) in [7, 11) is 0. The lowest BCUT2D eigenvalue weighted by Crippen LogP contribution is -2.13. The highest BCUT2D eigenvalue weighted by Gasteiger charge is 2.06. The van der Waals surface area contributed by atoms with Crippen LogP contribution in [0, 0.1) is 0 Å². The van der Waals surface area contributed by atoms with E-state index in [1.165, 1.54) is 0 Å². The van der Waals surface area contributed by atoms with E-state index in [0.717, 1.165) is 16.6 Å². The van der Waals surface area contributed by atoms with E-state index in [0.29, 0.717) is 12.2 Å². The van der Waals surface area contributed by atoms with Gasteiger partial charge in [0, 0.05) is 10.0 Å². The topological polar surface area (TPSA) is 67.8 Å². The van der Waals surface area contributed by atoms with E-state index in [-0.39, 0.29) is 5.84 Å². The summed E-state index contributed by atoms with van der Waals surface area (Å²) in [6.45, 7) is 2.72. The van der Waals surface area contributed by atoms with Crippen molar-refractivity contribution >= 4 is 21.8 Å². The van der Waals surface area contributed by atoms with Crippen LogP contribution in [0.2, 0.25) is 0 Å². The van der Waals surface area contributed by atoms with Gasteiger partial charge in [-0.3, -0.25) is 0 Å². The quantitative estimate of drug-likeness (QED) is 0.383. The minimum atomic E-state index is 0.0731. The van der Waals surface area contributed by atoms with Crippen molar-refractivity contribution in [2.24, 2.45) is 10.9 Å². The Hall–Kier alpha value is -1.23. The average molecular weight is 273 g/mol. The Morgan fingerprint density at radius 1 is 1.60 bits per heavy atom. The maximum atomic E-state index is 8.53. The molecule has 0 heterocycles. The zero-order chi connectivity index (χ0) is 11.3. The molecular formula is C10H13BrN2O2. The van der Waals surface area contributed by atoms with Crippen LogP contribution < -0.4 is 10.5 Å². The second kappa shape index (κ2) is 5.60. The Kier molecular flexibility index (Phi) is 4.42. The fraction of sp³-hybridized carbons (Fsp3) is 0.300. The van der Waals surface area contributed by atoms with Crippen LogP contribution in [0.15, 0.2) is 27.8 Å². The van der Waals surface area contributed by atoms with Crippen LogP contribution in [0.3, 0.4) is 0 Å². The summed E-state index contributed by atoms with van der Waals surface area (Å²) in [6.07, 6.45) is 0.958. The van der Waals surface area contributed by atoms with Gasteiger partial charge in [0.15, 0.2) is 5.84 Å². The van der Waals surface area contributed by atoms with Gasteiger partial charge in [-0.05, 0) is 40.5 Å². The van der Waals surface area contributed by atoms with Crippen LogP contribution in [-0.2, 0) is 0 Å². The summed E-state index contributed by atoms with van der Waals surface area (Å²) in [4.78, 5) is 0. The molecule has 0 spiro atoms. The molecular weight excluding hydrogens is 260 g/mol. The molecule has 82 valence electrons. The number of amidine groups is 1. The summed E-state index contributed by atoms with van der Waals surface area (Å²) in [6, 6.07) is 5.32. The van der Waals surface area contributed by atoms with Crippen LogP contribution >= 0.6 is 15.9 Å². The van der Waals surface area contributed by atoms with Gasteiger partial charge in [-0.1, -0.05) is 12.1 Å². The van der Waals surface area contributed by atoms with Crippen LogP contribution in [0.1, 0.15) is 18.9 Å². The molecule has 0 aromatic heterocycles. The molecule has 0 saturated carbocycles. The molecule has 0 fully saturated rings. The summed E-state index contributed by atoms with van der Waals surface area (Å²) in [5.41, 5.74) is 6.11. The summed E-state index contributed by atoms with van der Waals surface area (Å²) >= 11 is 3.33. The molecule has 1 rings (SSSR count). The third kappa shape index (κ3) is 3.13. The highest BCUT2D eigenvalue weighted by atomic mass is 79.9. The van der Waals surface area contributed by atoms with Crippen molar-refractivity contribution < 1.29 is 9.94 Å². The Balaban J connectivity index is 2.88. The molecule has 0 aliphatic rings. The Morgan fingerprint density at radius 2 is 2.33 bits per heavy atom. The van der Waals surface area contributed by atoms with Gasteiger partial charge in [-0.15, -0.1) is 0 Å². The molecule has 0 aliphatic carbocycles. The van der Waals surface area contributed by atoms with E-state index in [1.54, 1.807) is 18.2 Å².